The number of methoxy groups -OCH3 is 1. The summed E-state index contributed by atoms with van der Waals surface area (Å²) in [6.45, 7) is 0.225. The van der Waals surface area contributed by atoms with Crippen molar-refractivity contribution in [2.24, 2.45) is 0 Å². The fourth-order valence-corrected chi connectivity index (χ4v) is 4.35. The van der Waals surface area contributed by atoms with E-state index in [0.29, 0.717) is 33.0 Å². The number of aromatic nitrogens is 2. The fourth-order valence-electron chi connectivity index (χ4n) is 3.62. The Morgan fingerprint density at radius 1 is 1.03 bits per heavy atom. The first-order chi connectivity index (χ1) is 15.7. The molecule has 0 amide bonds. The summed E-state index contributed by atoms with van der Waals surface area (Å²) in [7, 11) is -2.11. The van der Waals surface area contributed by atoms with Gasteiger partial charge in [-0.1, -0.05) is 23.7 Å². The Hall–Kier alpha value is -3.56. The zero-order valence-corrected chi connectivity index (χ0v) is 19.4. The van der Waals surface area contributed by atoms with E-state index in [2.05, 4.69) is 4.72 Å². The topological polar surface area (TPSA) is 99.4 Å². The lowest BCUT2D eigenvalue weighted by Crippen LogP contribution is -2.23. The highest BCUT2D eigenvalue weighted by Gasteiger charge is 2.16. The molecule has 0 aliphatic heterocycles. The van der Waals surface area contributed by atoms with E-state index in [1.54, 1.807) is 65.2 Å². The molecule has 0 fully saturated rings. The maximum absolute atomic E-state index is 13.5. The molecule has 4 rings (SSSR count). The zero-order chi connectivity index (χ0) is 23.8. The van der Waals surface area contributed by atoms with Crippen LogP contribution in [-0.4, -0.2) is 36.9 Å². The van der Waals surface area contributed by atoms with Crippen molar-refractivity contribution in [1.29, 1.82) is 0 Å². The monoisotopic (exact) mass is 485 g/mol. The average molecular weight is 486 g/mol. The van der Waals surface area contributed by atoms with Crippen LogP contribution in [0.5, 0.6) is 0 Å². The van der Waals surface area contributed by atoms with E-state index in [-0.39, 0.29) is 12.2 Å². The van der Waals surface area contributed by atoms with Crippen LogP contribution < -0.4 is 10.4 Å². The number of sulfonamides is 1. The number of halogens is 1. The first kappa shape index (κ1) is 22.6. The molecule has 3 aromatic carbocycles. The summed E-state index contributed by atoms with van der Waals surface area (Å²) in [5.41, 5.74) is 3.03. The first-order valence-electron chi connectivity index (χ1n) is 9.82. The number of nitrogens with one attached hydrogen (secondary N) is 1. The van der Waals surface area contributed by atoms with Crippen molar-refractivity contribution in [3.05, 3.63) is 93.4 Å². The van der Waals surface area contributed by atoms with Crippen LogP contribution in [0, 0.1) is 0 Å². The predicted octanol–water partition coefficient (Wildman–Crippen LogP) is 3.65. The van der Waals surface area contributed by atoms with Gasteiger partial charge in [0.25, 0.3) is 0 Å². The third-order valence-electron chi connectivity index (χ3n) is 5.01. The first-order valence-corrected chi connectivity index (χ1v) is 12.1. The predicted molar refractivity (Wildman–Crippen MR) is 128 cm³/mol. The van der Waals surface area contributed by atoms with Crippen molar-refractivity contribution in [3.63, 3.8) is 0 Å². The molecule has 0 unspecified atom stereocenters. The highest BCUT2D eigenvalue weighted by atomic mass is 35.5. The normalized spacial score (nSPS) is 11.5. The second-order valence-electron chi connectivity index (χ2n) is 7.45. The molecule has 0 aliphatic carbocycles. The summed E-state index contributed by atoms with van der Waals surface area (Å²) in [4.78, 5) is 25.4. The largest absolute Gasteiger partial charge is 0.465 e. The van der Waals surface area contributed by atoms with E-state index in [1.165, 1.54) is 11.7 Å². The molecule has 1 heterocycles. The number of anilines is 1. The molecular formula is C23H20ClN3O5S. The minimum absolute atomic E-state index is 0.225. The Morgan fingerprint density at radius 2 is 1.76 bits per heavy atom. The number of esters is 1. The number of imidazole rings is 1. The number of carbonyl (C=O) groups is 1. The summed E-state index contributed by atoms with van der Waals surface area (Å²) < 4.78 is 33.2. The van der Waals surface area contributed by atoms with Crippen LogP contribution in [0.15, 0.2) is 71.5 Å². The summed E-state index contributed by atoms with van der Waals surface area (Å²) >= 11 is 6.22. The molecule has 170 valence electrons. The van der Waals surface area contributed by atoms with Gasteiger partial charge in [-0.2, -0.15) is 0 Å². The smallest absolute Gasteiger partial charge is 0.337 e. The summed E-state index contributed by atoms with van der Waals surface area (Å²) in [5.74, 6) is -0.457. The van der Waals surface area contributed by atoms with Gasteiger partial charge in [-0.3, -0.25) is 13.9 Å². The number of nitrogens with zero attached hydrogens (tertiary/aromatic N) is 2. The van der Waals surface area contributed by atoms with Crippen molar-refractivity contribution in [3.8, 4) is 5.69 Å². The SMILES string of the molecule is COC(=O)c1cccc(Cn2c(=O)n(-c3ccc(NS(C)(=O)=O)cc3)c3cc(Cl)ccc32)c1. The highest BCUT2D eigenvalue weighted by Crippen LogP contribution is 2.24. The van der Waals surface area contributed by atoms with E-state index in [9.17, 15) is 18.0 Å². The summed E-state index contributed by atoms with van der Waals surface area (Å²) in [6, 6.07) is 18.5. The molecule has 10 heteroatoms. The lowest BCUT2D eigenvalue weighted by Gasteiger charge is -2.07. The van der Waals surface area contributed by atoms with Crippen LogP contribution in [0.3, 0.4) is 0 Å². The minimum atomic E-state index is -3.42. The van der Waals surface area contributed by atoms with E-state index < -0.39 is 16.0 Å². The second kappa shape index (κ2) is 8.76. The van der Waals surface area contributed by atoms with Gasteiger partial charge in [0, 0.05) is 10.7 Å². The van der Waals surface area contributed by atoms with Crippen molar-refractivity contribution >= 4 is 44.3 Å². The molecule has 33 heavy (non-hydrogen) atoms. The van der Waals surface area contributed by atoms with Gasteiger partial charge < -0.3 is 4.74 Å². The van der Waals surface area contributed by atoms with Crippen LogP contribution in [0.25, 0.3) is 16.7 Å². The maximum atomic E-state index is 13.5. The number of hydrogen-bond donors (Lipinski definition) is 1. The van der Waals surface area contributed by atoms with E-state index in [0.717, 1.165) is 11.8 Å². The quantitative estimate of drug-likeness (QED) is 0.420. The number of carbonyl (C=O) groups excluding carboxylic acids is 1. The second-order valence-corrected chi connectivity index (χ2v) is 9.64. The third-order valence-corrected chi connectivity index (χ3v) is 5.85. The zero-order valence-electron chi connectivity index (χ0n) is 17.8. The van der Waals surface area contributed by atoms with Crippen molar-refractivity contribution < 1.29 is 17.9 Å². The number of ether oxygens (including phenoxy) is 1. The molecule has 1 N–H and O–H groups in total. The minimum Gasteiger partial charge on any atom is -0.465 e. The molecule has 0 bridgehead atoms. The Labute approximate surface area is 195 Å². The number of hydrogen-bond acceptors (Lipinski definition) is 5. The lowest BCUT2D eigenvalue weighted by atomic mass is 10.1. The van der Waals surface area contributed by atoms with Gasteiger partial charge in [-0.15, -0.1) is 0 Å². The molecule has 0 radical (unpaired) electrons. The highest BCUT2D eigenvalue weighted by molar-refractivity contribution is 7.92. The number of rotatable bonds is 6. The molecule has 0 saturated heterocycles. The van der Waals surface area contributed by atoms with Gasteiger partial charge in [0.05, 0.1) is 42.2 Å². The average Bonchev–Trinajstić information content (AvgIpc) is 3.03. The number of fused-ring (bicyclic) bond motifs is 1. The molecular weight excluding hydrogens is 466 g/mol. The van der Waals surface area contributed by atoms with E-state index in [4.69, 9.17) is 16.3 Å². The maximum Gasteiger partial charge on any atom is 0.337 e. The molecule has 8 nitrogen and oxygen atoms in total. The third kappa shape index (κ3) is 4.79. The van der Waals surface area contributed by atoms with Crippen molar-refractivity contribution in [1.82, 2.24) is 9.13 Å². The Bertz CT molecular complexity index is 1520. The Kier molecular flexibility index (Phi) is 6.01. The van der Waals surface area contributed by atoms with Gasteiger partial charge in [-0.25, -0.2) is 18.0 Å². The van der Waals surface area contributed by atoms with Crippen LogP contribution >= 0.6 is 11.6 Å². The van der Waals surface area contributed by atoms with E-state index >= 15 is 0 Å². The van der Waals surface area contributed by atoms with Crippen LogP contribution in [0.4, 0.5) is 5.69 Å². The molecule has 0 saturated carbocycles. The van der Waals surface area contributed by atoms with Crippen molar-refractivity contribution in [2.45, 2.75) is 6.54 Å². The van der Waals surface area contributed by atoms with Gasteiger partial charge in [0.15, 0.2) is 0 Å². The lowest BCUT2D eigenvalue weighted by molar-refractivity contribution is 0.0600. The molecule has 0 spiro atoms. The van der Waals surface area contributed by atoms with Crippen LogP contribution in [0.2, 0.25) is 5.02 Å². The standard InChI is InChI=1S/C23H20ClN3O5S/c1-32-22(28)16-5-3-4-15(12-16)14-26-20-11-6-17(24)13-21(20)27(23(26)29)19-9-7-18(8-10-19)25-33(2,30)31/h3-13,25H,14H2,1-2H3. The van der Waals surface area contributed by atoms with Crippen LogP contribution in [-0.2, 0) is 21.3 Å². The van der Waals surface area contributed by atoms with Crippen molar-refractivity contribution in [2.75, 3.05) is 18.1 Å². The molecule has 4 aromatic rings. The van der Waals surface area contributed by atoms with E-state index in [1.807, 2.05) is 6.07 Å². The van der Waals surface area contributed by atoms with Gasteiger partial charge in [0.2, 0.25) is 10.0 Å². The Balaban J connectivity index is 1.81. The Morgan fingerprint density at radius 3 is 2.42 bits per heavy atom. The van der Waals surface area contributed by atoms with Gasteiger partial charge in [-0.05, 0) is 60.2 Å². The fraction of sp³-hybridized carbons (Fsp3) is 0.130. The summed E-state index contributed by atoms with van der Waals surface area (Å²) in [5, 5.41) is 0.469. The van der Waals surface area contributed by atoms with Crippen LogP contribution in [0.1, 0.15) is 15.9 Å². The molecule has 1 aromatic heterocycles. The van der Waals surface area contributed by atoms with Gasteiger partial charge in [0.1, 0.15) is 0 Å². The van der Waals surface area contributed by atoms with Gasteiger partial charge >= 0.3 is 11.7 Å². The number of benzene rings is 3. The molecule has 0 aliphatic rings. The molecule has 0 atom stereocenters. The summed E-state index contributed by atoms with van der Waals surface area (Å²) in [6.07, 6.45) is 1.07.